The molecule has 1 aromatic carbocycles. The minimum absolute atomic E-state index is 0.0347. The van der Waals surface area contributed by atoms with E-state index in [1.54, 1.807) is 24.4 Å². The number of benzene rings is 1. The maximum absolute atomic E-state index is 13.9. The summed E-state index contributed by atoms with van der Waals surface area (Å²) in [6, 6.07) is 12.7. The highest BCUT2D eigenvalue weighted by Gasteiger charge is 2.13. The minimum atomic E-state index is -0.407. The molecule has 3 aromatic heterocycles. The smallest absolute Gasteiger partial charge is 0.258 e. The van der Waals surface area contributed by atoms with Gasteiger partial charge in [-0.05, 0) is 30.7 Å². The lowest BCUT2D eigenvalue weighted by atomic mass is 10.2. The second kappa shape index (κ2) is 8.38. The van der Waals surface area contributed by atoms with Crippen LogP contribution in [0.5, 0.6) is 0 Å². The number of nitrogens with one attached hydrogen (secondary N) is 1. The third-order valence-corrected chi connectivity index (χ3v) is 5.28. The van der Waals surface area contributed by atoms with Crippen molar-refractivity contribution in [1.82, 2.24) is 14.5 Å². The SMILES string of the molecule is Cc1cccnc1-c1csc(NC(=O)c2ccc(=O)n(Cc3ccccc3F)c2)n1. The number of carbonyl (C=O) groups excluding carboxylic acids is 1. The van der Waals surface area contributed by atoms with Gasteiger partial charge in [-0.2, -0.15) is 0 Å². The van der Waals surface area contributed by atoms with E-state index in [0.717, 1.165) is 11.3 Å². The highest BCUT2D eigenvalue weighted by molar-refractivity contribution is 7.14. The van der Waals surface area contributed by atoms with Crippen LogP contribution in [0.15, 0.2) is 71.1 Å². The number of rotatable bonds is 5. The van der Waals surface area contributed by atoms with Gasteiger partial charge in [0, 0.05) is 29.4 Å². The van der Waals surface area contributed by atoms with Gasteiger partial charge in [0.25, 0.3) is 11.5 Å². The Morgan fingerprint density at radius 1 is 1.17 bits per heavy atom. The van der Waals surface area contributed by atoms with Crippen molar-refractivity contribution in [3.05, 3.63) is 99.2 Å². The van der Waals surface area contributed by atoms with Gasteiger partial charge >= 0.3 is 0 Å². The summed E-state index contributed by atoms with van der Waals surface area (Å²) in [7, 11) is 0. The van der Waals surface area contributed by atoms with E-state index in [2.05, 4.69) is 15.3 Å². The van der Waals surface area contributed by atoms with Crippen LogP contribution in [-0.4, -0.2) is 20.4 Å². The van der Waals surface area contributed by atoms with Gasteiger partial charge in [-0.15, -0.1) is 11.3 Å². The number of carbonyl (C=O) groups is 1. The molecule has 6 nitrogen and oxygen atoms in total. The summed E-state index contributed by atoms with van der Waals surface area (Å²) in [6.45, 7) is 1.98. The fraction of sp³-hybridized carbons (Fsp3) is 0.0909. The van der Waals surface area contributed by atoms with E-state index >= 15 is 0 Å². The number of hydrogen-bond acceptors (Lipinski definition) is 5. The Labute approximate surface area is 175 Å². The van der Waals surface area contributed by atoms with Crippen molar-refractivity contribution in [1.29, 1.82) is 0 Å². The summed E-state index contributed by atoms with van der Waals surface area (Å²) in [6.07, 6.45) is 3.11. The van der Waals surface area contributed by atoms with Crippen LogP contribution in [0.2, 0.25) is 0 Å². The molecule has 0 spiro atoms. The number of amides is 1. The first-order valence-electron chi connectivity index (χ1n) is 9.14. The van der Waals surface area contributed by atoms with E-state index < -0.39 is 11.7 Å². The Morgan fingerprint density at radius 2 is 2.00 bits per heavy atom. The molecule has 0 fully saturated rings. The van der Waals surface area contributed by atoms with Crippen molar-refractivity contribution >= 4 is 22.4 Å². The number of aryl methyl sites for hydroxylation is 1. The summed E-state index contributed by atoms with van der Waals surface area (Å²) in [5.41, 5.74) is 2.74. The van der Waals surface area contributed by atoms with E-state index in [1.807, 2.05) is 24.4 Å². The van der Waals surface area contributed by atoms with Gasteiger partial charge in [-0.3, -0.25) is 19.9 Å². The lowest BCUT2D eigenvalue weighted by Crippen LogP contribution is -2.23. The van der Waals surface area contributed by atoms with E-state index in [0.29, 0.717) is 16.4 Å². The highest BCUT2D eigenvalue weighted by atomic mass is 32.1. The minimum Gasteiger partial charge on any atom is -0.310 e. The van der Waals surface area contributed by atoms with Crippen molar-refractivity contribution in [3.8, 4) is 11.4 Å². The number of aromatic nitrogens is 3. The molecule has 0 saturated carbocycles. The number of pyridine rings is 2. The average Bonchev–Trinajstić information content (AvgIpc) is 3.19. The Hall–Kier alpha value is -3.65. The predicted octanol–water partition coefficient (Wildman–Crippen LogP) is 4.11. The lowest BCUT2D eigenvalue weighted by Gasteiger charge is -2.09. The summed E-state index contributed by atoms with van der Waals surface area (Å²) < 4.78 is 15.2. The van der Waals surface area contributed by atoms with E-state index in [-0.39, 0.29) is 17.7 Å². The van der Waals surface area contributed by atoms with Crippen LogP contribution in [-0.2, 0) is 6.54 Å². The van der Waals surface area contributed by atoms with Gasteiger partial charge in [-0.1, -0.05) is 24.3 Å². The molecule has 0 aliphatic rings. The summed E-state index contributed by atoms with van der Waals surface area (Å²) >= 11 is 1.29. The third-order valence-electron chi connectivity index (χ3n) is 4.52. The molecule has 0 aliphatic carbocycles. The molecule has 1 amide bonds. The normalized spacial score (nSPS) is 10.7. The first-order valence-corrected chi connectivity index (χ1v) is 10.0. The molecule has 30 heavy (non-hydrogen) atoms. The Bertz CT molecular complexity index is 1280. The molecule has 0 radical (unpaired) electrons. The zero-order valence-corrected chi connectivity index (χ0v) is 16.8. The zero-order valence-electron chi connectivity index (χ0n) is 16.0. The van der Waals surface area contributed by atoms with Gasteiger partial charge in [0.15, 0.2) is 5.13 Å². The molecule has 4 aromatic rings. The fourth-order valence-electron chi connectivity index (χ4n) is 2.96. The molecule has 0 saturated heterocycles. The zero-order chi connectivity index (χ0) is 21.1. The largest absolute Gasteiger partial charge is 0.310 e. The number of thiazole rings is 1. The molecule has 150 valence electrons. The number of halogens is 1. The standard InChI is InChI=1S/C22H17FN4O2S/c1-14-5-4-10-24-20(14)18-13-30-22(25-18)26-21(29)16-8-9-19(28)27(12-16)11-15-6-2-3-7-17(15)23/h2-10,12-13H,11H2,1H3,(H,25,26,29). The second-order valence-electron chi connectivity index (χ2n) is 6.64. The van der Waals surface area contributed by atoms with Crippen LogP contribution in [0, 0.1) is 12.7 Å². The third kappa shape index (κ3) is 4.18. The predicted molar refractivity (Wildman–Crippen MR) is 114 cm³/mol. The van der Waals surface area contributed by atoms with Gasteiger partial charge < -0.3 is 4.57 Å². The molecule has 3 heterocycles. The summed E-state index contributed by atoms with van der Waals surface area (Å²) in [5.74, 6) is -0.810. The molecule has 0 bridgehead atoms. The molecule has 1 N–H and O–H groups in total. The van der Waals surface area contributed by atoms with Crippen molar-refractivity contribution in [2.75, 3.05) is 5.32 Å². The quantitative estimate of drug-likeness (QED) is 0.527. The molecule has 4 rings (SSSR count). The average molecular weight is 420 g/mol. The van der Waals surface area contributed by atoms with Crippen LogP contribution in [0.4, 0.5) is 9.52 Å². The molecular formula is C22H17FN4O2S. The lowest BCUT2D eigenvalue weighted by molar-refractivity contribution is 0.102. The van der Waals surface area contributed by atoms with Crippen LogP contribution in [0.25, 0.3) is 11.4 Å². The molecule has 0 atom stereocenters. The van der Waals surface area contributed by atoms with Crippen molar-refractivity contribution in [2.24, 2.45) is 0 Å². The Kier molecular flexibility index (Phi) is 5.49. The number of hydrogen-bond donors (Lipinski definition) is 1. The molecular weight excluding hydrogens is 403 g/mol. The van der Waals surface area contributed by atoms with Crippen LogP contribution in [0.1, 0.15) is 21.5 Å². The van der Waals surface area contributed by atoms with Gasteiger partial charge in [0.2, 0.25) is 0 Å². The summed E-state index contributed by atoms with van der Waals surface area (Å²) in [4.78, 5) is 33.6. The van der Waals surface area contributed by atoms with Crippen molar-refractivity contribution < 1.29 is 9.18 Å². The van der Waals surface area contributed by atoms with Gasteiger partial charge in [-0.25, -0.2) is 9.37 Å². The first kappa shape index (κ1) is 19.7. The number of anilines is 1. The Morgan fingerprint density at radius 3 is 2.80 bits per heavy atom. The molecule has 0 aliphatic heterocycles. The molecule has 8 heteroatoms. The summed E-state index contributed by atoms with van der Waals surface area (Å²) in [5, 5.41) is 4.99. The fourth-order valence-corrected chi connectivity index (χ4v) is 3.65. The number of nitrogens with zero attached hydrogens (tertiary/aromatic N) is 3. The highest BCUT2D eigenvalue weighted by Crippen LogP contribution is 2.25. The monoisotopic (exact) mass is 420 g/mol. The van der Waals surface area contributed by atoms with Crippen molar-refractivity contribution in [2.45, 2.75) is 13.5 Å². The van der Waals surface area contributed by atoms with Gasteiger partial charge in [0.1, 0.15) is 11.5 Å². The van der Waals surface area contributed by atoms with Crippen LogP contribution < -0.4 is 10.9 Å². The maximum atomic E-state index is 13.9. The first-order chi connectivity index (χ1) is 14.5. The van der Waals surface area contributed by atoms with Gasteiger partial charge in [0.05, 0.1) is 17.8 Å². The molecule has 0 unspecified atom stereocenters. The Balaban J connectivity index is 1.54. The van der Waals surface area contributed by atoms with E-state index in [4.69, 9.17) is 0 Å². The van der Waals surface area contributed by atoms with E-state index in [9.17, 15) is 14.0 Å². The second-order valence-corrected chi connectivity index (χ2v) is 7.49. The van der Waals surface area contributed by atoms with Crippen LogP contribution >= 0.6 is 11.3 Å². The van der Waals surface area contributed by atoms with Crippen molar-refractivity contribution in [3.63, 3.8) is 0 Å². The van der Waals surface area contributed by atoms with Crippen LogP contribution in [0.3, 0.4) is 0 Å². The van der Waals surface area contributed by atoms with E-state index in [1.165, 1.54) is 40.3 Å². The topological polar surface area (TPSA) is 76.9 Å². The maximum Gasteiger partial charge on any atom is 0.258 e.